The van der Waals surface area contributed by atoms with Crippen LogP contribution in [0.2, 0.25) is 0 Å². The Kier molecular flexibility index (Phi) is 5.44. The molecule has 0 aliphatic rings. The first kappa shape index (κ1) is 14.8. The molecule has 102 valence electrons. The van der Waals surface area contributed by atoms with Gasteiger partial charge in [0.2, 0.25) is 0 Å². The Morgan fingerprint density at radius 3 is 2.50 bits per heavy atom. The molecule has 18 heavy (non-hydrogen) atoms. The van der Waals surface area contributed by atoms with Gasteiger partial charge in [-0.1, -0.05) is 12.1 Å². The van der Waals surface area contributed by atoms with Crippen molar-refractivity contribution in [3.63, 3.8) is 0 Å². The molecule has 1 atom stereocenters. The Morgan fingerprint density at radius 1 is 1.28 bits per heavy atom. The SMILES string of the molecule is COCCC(C)(CN)N(C)c1ccccc1OC. The van der Waals surface area contributed by atoms with Gasteiger partial charge in [-0.25, -0.2) is 0 Å². The van der Waals surface area contributed by atoms with Gasteiger partial charge >= 0.3 is 0 Å². The summed E-state index contributed by atoms with van der Waals surface area (Å²) in [6, 6.07) is 7.96. The topological polar surface area (TPSA) is 47.7 Å². The lowest BCUT2D eigenvalue weighted by molar-refractivity contribution is 0.171. The second kappa shape index (κ2) is 6.61. The molecule has 0 saturated carbocycles. The van der Waals surface area contributed by atoms with Crippen LogP contribution in [0.1, 0.15) is 13.3 Å². The number of benzene rings is 1. The molecular formula is C14H24N2O2. The van der Waals surface area contributed by atoms with E-state index in [1.165, 1.54) is 0 Å². The van der Waals surface area contributed by atoms with E-state index in [4.69, 9.17) is 15.2 Å². The van der Waals surface area contributed by atoms with E-state index in [0.29, 0.717) is 13.2 Å². The third-order valence-electron chi connectivity index (χ3n) is 3.54. The first-order chi connectivity index (χ1) is 8.59. The zero-order valence-corrected chi connectivity index (χ0v) is 11.8. The van der Waals surface area contributed by atoms with Crippen LogP contribution in [0.4, 0.5) is 5.69 Å². The lowest BCUT2D eigenvalue weighted by atomic mass is 9.95. The van der Waals surface area contributed by atoms with Gasteiger partial charge < -0.3 is 20.1 Å². The Bertz CT molecular complexity index is 371. The van der Waals surface area contributed by atoms with Gasteiger partial charge in [-0.05, 0) is 25.5 Å². The fourth-order valence-electron chi connectivity index (χ4n) is 1.93. The molecule has 1 aromatic carbocycles. The second-order valence-corrected chi connectivity index (χ2v) is 4.67. The number of rotatable bonds is 7. The largest absolute Gasteiger partial charge is 0.495 e. The number of likely N-dealkylation sites (N-methyl/N-ethyl adjacent to an activating group) is 1. The second-order valence-electron chi connectivity index (χ2n) is 4.67. The molecule has 1 unspecified atom stereocenters. The number of nitrogens with two attached hydrogens (primary N) is 1. The summed E-state index contributed by atoms with van der Waals surface area (Å²) in [6.45, 7) is 3.39. The minimum Gasteiger partial charge on any atom is -0.495 e. The Morgan fingerprint density at radius 2 is 1.94 bits per heavy atom. The molecule has 0 aliphatic carbocycles. The lowest BCUT2D eigenvalue weighted by Crippen LogP contribution is -2.50. The van der Waals surface area contributed by atoms with E-state index in [0.717, 1.165) is 17.9 Å². The van der Waals surface area contributed by atoms with E-state index in [1.807, 2.05) is 31.3 Å². The van der Waals surface area contributed by atoms with Crippen molar-refractivity contribution in [3.05, 3.63) is 24.3 Å². The van der Waals surface area contributed by atoms with Crippen LogP contribution in [0.5, 0.6) is 5.75 Å². The van der Waals surface area contributed by atoms with Crippen LogP contribution in [-0.2, 0) is 4.74 Å². The van der Waals surface area contributed by atoms with E-state index in [9.17, 15) is 0 Å². The fraction of sp³-hybridized carbons (Fsp3) is 0.571. The zero-order valence-electron chi connectivity index (χ0n) is 11.8. The molecule has 0 amide bonds. The minimum absolute atomic E-state index is 0.148. The Balaban J connectivity index is 2.98. The van der Waals surface area contributed by atoms with E-state index in [2.05, 4.69) is 11.8 Å². The van der Waals surface area contributed by atoms with Gasteiger partial charge in [0, 0.05) is 27.3 Å². The van der Waals surface area contributed by atoms with Crippen LogP contribution < -0.4 is 15.4 Å². The van der Waals surface area contributed by atoms with Crippen LogP contribution in [0, 0.1) is 0 Å². The van der Waals surface area contributed by atoms with Gasteiger partial charge in [0.05, 0.1) is 18.3 Å². The van der Waals surface area contributed by atoms with Crippen LogP contribution >= 0.6 is 0 Å². The predicted molar refractivity (Wildman–Crippen MR) is 75.3 cm³/mol. The van der Waals surface area contributed by atoms with Gasteiger partial charge in [-0.3, -0.25) is 0 Å². The van der Waals surface area contributed by atoms with Crippen molar-refractivity contribution in [3.8, 4) is 5.75 Å². The van der Waals surface area contributed by atoms with Crippen molar-refractivity contribution in [2.24, 2.45) is 5.73 Å². The molecule has 0 saturated heterocycles. The van der Waals surface area contributed by atoms with E-state index < -0.39 is 0 Å². The summed E-state index contributed by atoms with van der Waals surface area (Å²) in [6.07, 6.45) is 0.870. The first-order valence-electron chi connectivity index (χ1n) is 6.15. The van der Waals surface area contributed by atoms with Crippen molar-refractivity contribution in [2.45, 2.75) is 18.9 Å². The predicted octanol–water partition coefficient (Wildman–Crippen LogP) is 1.89. The van der Waals surface area contributed by atoms with Crippen LogP contribution in [0.3, 0.4) is 0 Å². The number of hydrogen-bond acceptors (Lipinski definition) is 4. The average Bonchev–Trinajstić information content (AvgIpc) is 2.43. The average molecular weight is 252 g/mol. The number of nitrogens with zero attached hydrogens (tertiary/aromatic N) is 1. The molecule has 0 radical (unpaired) electrons. The normalized spacial score (nSPS) is 14.1. The highest BCUT2D eigenvalue weighted by molar-refractivity contribution is 5.59. The lowest BCUT2D eigenvalue weighted by Gasteiger charge is -2.40. The Labute approximate surface area is 110 Å². The summed E-state index contributed by atoms with van der Waals surface area (Å²) in [5.74, 6) is 0.858. The monoisotopic (exact) mass is 252 g/mol. The molecule has 1 aromatic rings. The van der Waals surface area contributed by atoms with Crippen LogP contribution in [0.25, 0.3) is 0 Å². The highest BCUT2D eigenvalue weighted by Gasteiger charge is 2.29. The summed E-state index contributed by atoms with van der Waals surface area (Å²) in [5.41, 5.74) is 6.84. The van der Waals surface area contributed by atoms with Crippen LogP contribution in [0.15, 0.2) is 24.3 Å². The van der Waals surface area contributed by atoms with Crippen molar-refractivity contribution in [1.82, 2.24) is 0 Å². The summed E-state index contributed by atoms with van der Waals surface area (Å²) in [5, 5.41) is 0. The highest BCUT2D eigenvalue weighted by atomic mass is 16.5. The maximum absolute atomic E-state index is 5.94. The summed E-state index contributed by atoms with van der Waals surface area (Å²) in [7, 11) is 5.43. The molecule has 0 bridgehead atoms. The van der Waals surface area contributed by atoms with Gasteiger partial charge in [0.15, 0.2) is 0 Å². The minimum atomic E-state index is -0.148. The number of para-hydroxylation sites is 2. The molecule has 0 heterocycles. The van der Waals surface area contributed by atoms with E-state index >= 15 is 0 Å². The molecule has 1 rings (SSSR count). The van der Waals surface area contributed by atoms with Gasteiger partial charge in [0.1, 0.15) is 5.75 Å². The Hall–Kier alpha value is -1.26. The van der Waals surface area contributed by atoms with Gasteiger partial charge in [-0.15, -0.1) is 0 Å². The maximum atomic E-state index is 5.94. The molecule has 2 N–H and O–H groups in total. The number of hydrogen-bond donors (Lipinski definition) is 1. The van der Waals surface area contributed by atoms with Crippen molar-refractivity contribution in [1.29, 1.82) is 0 Å². The molecule has 4 heteroatoms. The van der Waals surface area contributed by atoms with E-state index in [1.54, 1.807) is 14.2 Å². The van der Waals surface area contributed by atoms with Crippen LogP contribution in [-0.4, -0.2) is 40.0 Å². The van der Waals surface area contributed by atoms with Crippen molar-refractivity contribution < 1.29 is 9.47 Å². The van der Waals surface area contributed by atoms with Gasteiger partial charge in [0.25, 0.3) is 0 Å². The first-order valence-corrected chi connectivity index (χ1v) is 6.15. The number of anilines is 1. The summed E-state index contributed by atoms with van der Waals surface area (Å²) in [4.78, 5) is 2.17. The number of ether oxygens (including phenoxy) is 2. The summed E-state index contributed by atoms with van der Waals surface area (Å²) >= 11 is 0. The third-order valence-corrected chi connectivity index (χ3v) is 3.54. The number of methoxy groups -OCH3 is 2. The van der Waals surface area contributed by atoms with Gasteiger partial charge in [-0.2, -0.15) is 0 Å². The molecular weight excluding hydrogens is 228 g/mol. The molecule has 0 fully saturated rings. The highest BCUT2D eigenvalue weighted by Crippen LogP contribution is 2.32. The van der Waals surface area contributed by atoms with Crippen molar-refractivity contribution in [2.75, 3.05) is 39.3 Å². The standard InChI is InChI=1S/C14H24N2O2/c1-14(11-15,9-10-17-3)16(2)12-7-5-6-8-13(12)18-4/h5-8H,9-11,15H2,1-4H3. The molecule has 0 aromatic heterocycles. The fourth-order valence-corrected chi connectivity index (χ4v) is 1.93. The maximum Gasteiger partial charge on any atom is 0.142 e. The molecule has 0 spiro atoms. The quantitative estimate of drug-likeness (QED) is 0.805. The third kappa shape index (κ3) is 3.15. The molecule has 0 aliphatic heterocycles. The van der Waals surface area contributed by atoms with E-state index in [-0.39, 0.29) is 5.54 Å². The van der Waals surface area contributed by atoms with Crippen molar-refractivity contribution >= 4 is 5.69 Å². The zero-order chi connectivity index (χ0) is 13.6. The molecule has 4 nitrogen and oxygen atoms in total. The smallest absolute Gasteiger partial charge is 0.142 e. The summed E-state index contributed by atoms with van der Waals surface area (Å²) < 4.78 is 10.6.